The van der Waals surface area contributed by atoms with Crippen LogP contribution >= 0.6 is 0 Å². The number of tetrazole rings is 1. The first kappa shape index (κ1) is 18.6. The van der Waals surface area contributed by atoms with Crippen molar-refractivity contribution in [3.8, 4) is 11.4 Å². The molecule has 1 amide bonds. The number of carbonyl (C=O) groups excluding carboxylic acids is 2. The molecule has 1 atom stereocenters. The maximum atomic E-state index is 12.2. The third kappa shape index (κ3) is 5.10. The molecule has 1 aromatic heterocycles. The SMILES string of the molecule is COC(=O)[C@@H](CC(C)C)NC(=O)Cn1nnc(-c2ccccc2C)n1. The van der Waals surface area contributed by atoms with E-state index in [2.05, 4.69) is 20.7 Å². The molecule has 0 saturated carbocycles. The van der Waals surface area contributed by atoms with Gasteiger partial charge in [0.05, 0.1) is 7.11 Å². The molecule has 0 aliphatic rings. The molecule has 2 rings (SSSR count). The summed E-state index contributed by atoms with van der Waals surface area (Å²) < 4.78 is 4.74. The maximum absolute atomic E-state index is 12.2. The topological polar surface area (TPSA) is 99.0 Å². The Morgan fingerprint density at radius 1 is 1.28 bits per heavy atom. The normalized spacial score (nSPS) is 12.0. The highest BCUT2D eigenvalue weighted by Gasteiger charge is 2.23. The Hall–Kier alpha value is -2.77. The summed E-state index contributed by atoms with van der Waals surface area (Å²) in [6.07, 6.45) is 0.498. The van der Waals surface area contributed by atoms with Gasteiger partial charge in [-0.1, -0.05) is 38.1 Å². The summed E-state index contributed by atoms with van der Waals surface area (Å²) in [7, 11) is 1.30. The number of benzene rings is 1. The maximum Gasteiger partial charge on any atom is 0.328 e. The molecule has 0 fully saturated rings. The molecule has 25 heavy (non-hydrogen) atoms. The summed E-state index contributed by atoms with van der Waals surface area (Å²) in [6, 6.07) is 6.99. The molecule has 0 bridgehead atoms. The van der Waals surface area contributed by atoms with E-state index in [1.54, 1.807) is 0 Å². The zero-order valence-electron chi connectivity index (χ0n) is 14.9. The molecule has 0 aliphatic heterocycles. The van der Waals surface area contributed by atoms with Gasteiger partial charge in [-0.25, -0.2) is 4.79 Å². The Balaban J connectivity index is 2.03. The van der Waals surface area contributed by atoms with Crippen LogP contribution in [0.3, 0.4) is 0 Å². The fraction of sp³-hybridized carbons (Fsp3) is 0.471. The van der Waals surface area contributed by atoms with Gasteiger partial charge in [-0.2, -0.15) is 4.80 Å². The number of carbonyl (C=O) groups is 2. The number of nitrogens with one attached hydrogen (secondary N) is 1. The number of amides is 1. The highest BCUT2D eigenvalue weighted by atomic mass is 16.5. The van der Waals surface area contributed by atoms with Gasteiger partial charge in [-0.3, -0.25) is 4.79 Å². The van der Waals surface area contributed by atoms with Crippen LogP contribution in [0.2, 0.25) is 0 Å². The highest BCUT2D eigenvalue weighted by molar-refractivity contribution is 5.84. The Morgan fingerprint density at radius 3 is 2.64 bits per heavy atom. The van der Waals surface area contributed by atoms with Crippen LogP contribution in [0, 0.1) is 12.8 Å². The molecule has 0 aliphatic carbocycles. The summed E-state index contributed by atoms with van der Waals surface area (Å²) in [4.78, 5) is 25.2. The molecule has 0 radical (unpaired) electrons. The number of hydrogen-bond donors (Lipinski definition) is 1. The lowest BCUT2D eigenvalue weighted by Crippen LogP contribution is -2.43. The number of methoxy groups -OCH3 is 1. The van der Waals surface area contributed by atoms with Crippen LogP contribution in [-0.2, 0) is 20.9 Å². The van der Waals surface area contributed by atoms with Gasteiger partial charge < -0.3 is 10.1 Å². The fourth-order valence-corrected chi connectivity index (χ4v) is 2.44. The second-order valence-electron chi connectivity index (χ2n) is 6.23. The van der Waals surface area contributed by atoms with E-state index in [1.807, 2.05) is 45.0 Å². The first-order valence-corrected chi connectivity index (χ1v) is 8.11. The molecular formula is C17H23N5O3. The minimum atomic E-state index is -0.683. The first-order valence-electron chi connectivity index (χ1n) is 8.11. The summed E-state index contributed by atoms with van der Waals surface area (Å²) >= 11 is 0. The fourth-order valence-electron chi connectivity index (χ4n) is 2.44. The minimum absolute atomic E-state index is 0.121. The van der Waals surface area contributed by atoms with Gasteiger partial charge >= 0.3 is 5.97 Å². The summed E-state index contributed by atoms with van der Waals surface area (Å²) in [6.45, 7) is 5.77. The summed E-state index contributed by atoms with van der Waals surface area (Å²) in [5.41, 5.74) is 1.88. The van der Waals surface area contributed by atoms with Gasteiger partial charge in [0.2, 0.25) is 11.7 Å². The molecule has 2 aromatic rings. The van der Waals surface area contributed by atoms with Crippen LogP contribution in [0.5, 0.6) is 0 Å². The van der Waals surface area contributed by atoms with E-state index >= 15 is 0 Å². The van der Waals surface area contributed by atoms with Gasteiger partial charge in [-0.05, 0) is 30.0 Å². The largest absolute Gasteiger partial charge is 0.467 e. The Morgan fingerprint density at radius 2 is 2.00 bits per heavy atom. The van der Waals surface area contributed by atoms with Gasteiger partial charge in [0, 0.05) is 5.56 Å². The average molecular weight is 345 g/mol. The Kier molecular flexibility index (Phi) is 6.21. The Labute approximate surface area is 146 Å². The number of rotatable bonds is 7. The van der Waals surface area contributed by atoms with Crippen molar-refractivity contribution >= 4 is 11.9 Å². The van der Waals surface area contributed by atoms with Crippen molar-refractivity contribution < 1.29 is 14.3 Å². The van der Waals surface area contributed by atoms with E-state index in [9.17, 15) is 9.59 Å². The lowest BCUT2D eigenvalue weighted by Gasteiger charge is -2.17. The van der Waals surface area contributed by atoms with Crippen molar-refractivity contribution in [2.75, 3.05) is 7.11 Å². The predicted molar refractivity (Wildman–Crippen MR) is 91.4 cm³/mol. The molecule has 134 valence electrons. The number of aryl methyl sites for hydroxylation is 1. The average Bonchev–Trinajstić information content (AvgIpc) is 3.01. The number of nitrogens with zero attached hydrogens (tertiary/aromatic N) is 4. The quantitative estimate of drug-likeness (QED) is 0.761. The van der Waals surface area contributed by atoms with Crippen molar-refractivity contribution in [3.63, 3.8) is 0 Å². The lowest BCUT2D eigenvalue weighted by molar-refractivity contribution is -0.145. The van der Waals surface area contributed by atoms with E-state index in [-0.39, 0.29) is 18.4 Å². The van der Waals surface area contributed by atoms with E-state index in [0.29, 0.717) is 12.2 Å². The van der Waals surface area contributed by atoms with Gasteiger partial charge in [0.25, 0.3) is 0 Å². The summed E-state index contributed by atoms with van der Waals surface area (Å²) in [5, 5.41) is 14.8. The van der Waals surface area contributed by atoms with E-state index < -0.39 is 12.0 Å². The van der Waals surface area contributed by atoms with Crippen molar-refractivity contribution in [2.45, 2.75) is 39.8 Å². The predicted octanol–water partition coefficient (Wildman–Crippen LogP) is 1.35. The Bertz CT molecular complexity index is 741. The van der Waals surface area contributed by atoms with Crippen molar-refractivity contribution in [1.29, 1.82) is 0 Å². The second-order valence-corrected chi connectivity index (χ2v) is 6.23. The van der Waals surface area contributed by atoms with Crippen LogP contribution in [0.4, 0.5) is 0 Å². The molecular weight excluding hydrogens is 322 g/mol. The van der Waals surface area contributed by atoms with Crippen molar-refractivity contribution in [3.05, 3.63) is 29.8 Å². The minimum Gasteiger partial charge on any atom is -0.467 e. The number of aromatic nitrogens is 4. The second kappa shape index (κ2) is 8.36. The zero-order valence-corrected chi connectivity index (χ0v) is 14.9. The van der Waals surface area contributed by atoms with Gasteiger partial charge in [-0.15, -0.1) is 10.2 Å². The third-order valence-corrected chi connectivity index (χ3v) is 3.65. The zero-order chi connectivity index (χ0) is 18.4. The smallest absolute Gasteiger partial charge is 0.328 e. The molecule has 8 nitrogen and oxygen atoms in total. The van der Waals surface area contributed by atoms with Crippen molar-refractivity contribution in [1.82, 2.24) is 25.5 Å². The molecule has 1 N–H and O–H groups in total. The van der Waals surface area contributed by atoms with Gasteiger partial charge in [0.15, 0.2) is 0 Å². The van der Waals surface area contributed by atoms with Crippen LogP contribution in [-0.4, -0.2) is 45.2 Å². The van der Waals surface area contributed by atoms with E-state index in [0.717, 1.165) is 11.1 Å². The van der Waals surface area contributed by atoms with Gasteiger partial charge in [0.1, 0.15) is 12.6 Å². The number of esters is 1. The first-order chi connectivity index (χ1) is 11.9. The highest BCUT2D eigenvalue weighted by Crippen LogP contribution is 2.17. The molecule has 0 spiro atoms. The van der Waals surface area contributed by atoms with Crippen LogP contribution in [0.25, 0.3) is 11.4 Å². The van der Waals surface area contributed by atoms with Crippen LogP contribution < -0.4 is 5.32 Å². The molecule has 0 saturated heterocycles. The standard InChI is InChI=1S/C17H23N5O3/c1-11(2)9-14(17(24)25-4)18-15(23)10-22-20-16(19-21-22)13-8-6-5-7-12(13)3/h5-8,11,14H,9-10H2,1-4H3,(H,18,23)/t14-/m1/s1. The number of ether oxygens (including phenoxy) is 1. The number of hydrogen-bond acceptors (Lipinski definition) is 6. The van der Waals surface area contributed by atoms with Crippen LogP contribution in [0.1, 0.15) is 25.8 Å². The van der Waals surface area contributed by atoms with Crippen LogP contribution in [0.15, 0.2) is 24.3 Å². The third-order valence-electron chi connectivity index (χ3n) is 3.65. The molecule has 8 heteroatoms. The molecule has 0 unspecified atom stereocenters. The van der Waals surface area contributed by atoms with E-state index in [1.165, 1.54) is 11.9 Å². The molecule has 1 heterocycles. The molecule has 1 aromatic carbocycles. The monoisotopic (exact) mass is 345 g/mol. The van der Waals surface area contributed by atoms with Crippen molar-refractivity contribution in [2.24, 2.45) is 5.92 Å². The summed E-state index contributed by atoms with van der Waals surface area (Å²) in [5.74, 6) is -0.141. The lowest BCUT2D eigenvalue weighted by atomic mass is 10.0. The van der Waals surface area contributed by atoms with E-state index in [4.69, 9.17) is 4.74 Å².